The van der Waals surface area contributed by atoms with Gasteiger partial charge >= 0.3 is 0 Å². The summed E-state index contributed by atoms with van der Waals surface area (Å²) in [6.45, 7) is 9.31. The molecule has 1 aliphatic rings. The minimum absolute atomic E-state index is 0.0417. The van der Waals surface area contributed by atoms with Gasteiger partial charge in [-0.2, -0.15) is 0 Å². The molecule has 0 radical (unpaired) electrons. The second-order valence-corrected chi connectivity index (χ2v) is 7.97. The van der Waals surface area contributed by atoms with Crippen LogP contribution in [-0.2, 0) is 11.3 Å². The molecular formula is C22H29ClN4O3. The molecule has 1 fully saturated rings. The first kappa shape index (κ1) is 22.5. The Hall–Kier alpha value is -2.22. The van der Waals surface area contributed by atoms with E-state index in [1.165, 1.54) is 6.20 Å². The molecular weight excluding hydrogens is 404 g/mol. The molecule has 0 aliphatic carbocycles. The number of carbonyl (C=O) groups is 1. The van der Waals surface area contributed by atoms with Gasteiger partial charge in [0, 0.05) is 51.3 Å². The lowest BCUT2D eigenvalue weighted by Gasteiger charge is -2.28. The number of carbonyl (C=O) groups excluding carboxylic acids is 1. The summed E-state index contributed by atoms with van der Waals surface area (Å²) in [5, 5.41) is 0.340. The van der Waals surface area contributed by atoms with Crippen molar-refractivity contribution in [3.05, 3.63) is 52.9 Å². The predicted molar refractivity (Wildman–Crippen MR) is 116 cm³/mol. The van der Waals surface area contributed by atoms with Gasteiger partial charge in [-0.25, -0.2) is 4.98 Å². The molecule has 8 heteroatoms. The van der Waals surface area contributed by atoms with Crippen molar-refractivity contribution in [2.45, 2.75) is 32.9 Å². The molecule has 0 bridgehead atoms. The van der Waals surface area contributed by atoms with E-state index in [0.29, 0.717) is 29.6 Å². The summed E-state index contributed by atoms with van der Waals surface area (Å²) < 4.78 is 11.0. The standard InChI is InChI=1S/C22H29ClN4O3/c1-17(2)30-21-20(23)14-19(15-25-21)22(28)27(16-18-4-6-24-7-5-18)9-3-8-26-10-12-29-13-11-26/h4-7,14-15,17H,3,8-13,16H2,1-2H3. The number of aromatic nitrogens is 2. The van der Waals surface area contributed by atoms with Crippen molar-refractivity contribution in [3.63, 3.8) is 0 Å². The molecule has 0 unspecified atom stereocenters. The summed E-state index contributed by atoms with van der Waals surface area (Å²) in [6.07, 6.45) is 5.85. The van der Waals surface area contributed by atoms with Crippen LogP contribution in [0.25, 0.3) is 0 Å². The van der Waals surface area contributed by atoms with Crippen LogP contribution in [0.15, 0.2) is 36.8 Å². The Balaban J connectivity index is 1.69. The highest BCUT2D eigenvalue weighted by molar-refractivity contribution is 6.32. The fraction of sp³-hybridized carbons (Fsp3) is 0.500. The molecule has 3 heterocycles. The molecule has 1 amide bonds. The SMILES string of the molecule is CC(C)Oc1ncc(C(=O)N(CCCN2CCOCC2)Cc2ccncc2)cc1Cl. The van der Waals surface area contributed by atoms with E-state index in [1.807, 2.05) is 30.9 Å². The molecule has 0 N–H and O–H groups in total. The summed E-state index contributed by atoms with van der Waals surface area (Å²) in [5.74, 6) is 0.246. The summed E-state index contributed by atoms with van der Waals surface area (Å²) >= 11 is 6.30. The summed E-state index contributed by atoms with van der Waals surface area (Å²) in [5.41, 5.74) is 1.49. The van der Waals surface area contributed by atoms with Crippen LogP contribution in [-0.4, -0.2) is 71.2 Å². The van der Waals surface area contributed by atoms with E-state index in [1.54, 1.807) is 18.5 Å². The van der Waals surface area contributed by atoms with Crippen molar-refractivity contribution in [3.8, 4) is 5.88 Å². The summed E-state index contributed by atoms with van der Waals surface area (Å²) in [7, 11) is 0. The zero-order valence-corrected chi connectivity index (χ0v) is 18.3. The van der Waals surface area contributed by atoms with Gasteiger partial charge in [0.1, 0.15) is 5.02 Å². The molecule has 0 spiro atoms. The number of rotatable bonds is 9. The Bertz CT molecular complexity index is 813. The van der Waals surface area contributed by atoms with Gasteiger partial charge in [0.15, 0.2) is 0 Å². The van der Waals surface area contributed by atoms with Crippen LogP contribution < -0.4 is 4.74 Å². The van der Waals surface area contributed by atoms with Gasteiger partial charge in [-0.15, -0.1) is 0 Å². The number of hydrogen-bond acceptors (Lipinski definition) is 6. The zero-order valence-electron chi connectivity index (χ0n) is 17.6. The molecule has 2 aromatic rings. The lowest BCUT2D eigenvalue weighted by Crippen LogP contribution is -2.39. The quantitative estimate of drug-likeness (QED) is 0.605. The van der Waals surface area contributed by atoms with E-state index in [9.17, 15) is 4.79 Å². The number of hydrogen-bond donors (Lipinski definition) is 0. The Labute approximate surface area is 183 Å². The first-order valence-corrected chi connectivity index (χ1v) is 10.7. The van der Waals surface area contributed by atoms with Crippen molar-refractivity contribution in [1.82, 2.24) is 19.8 Å². The van der Waals surface area contributed by atoms with Gasteiger partial charge in [-0.1, -0.05) is 11.6 Å². The average molecular weight is 433 g/mol. The van der Waals surface area contributed by atoms with Gasteiger partial charge in [0.25, 0.3) is 5.91 Å². The average Bonchev–Trinajstić information content (AvgIpc) is 2.75. The second-order valence-electron chi connectivity index (χ2n) is 7.57. The highest BCUT2D eigenvalue weighted by atomic mass is 35.5. The maximum Gasteiger partial charge on any atom is 0.255 e. The first-order valence-electron chi connectivity index (χ1n) is 10.3. The van der Waals surface area contributed by atoms with Crippen LogP contribution in [0, 0.1) is 0 Å². The number of amides is 1. The van der Waals surface area contributed by atoms with Crippen LogP contribution in [0.4, 0.5) is 0 Å². The maximum absolute atomic E-state index is 13.3. The Morgan fingerprint density at radius 2 is 2.03 bits per heavy atom. The van der Waals surface area contributed by atoms with Gasteiger partial charge in [-0.05, 0) is 44.0 Å². The molecule has 1 aliphatic heterocycles. The molecule has 7 nitrogen and oxygen atoms in total. The third-order valence-electron chi connectivity index (χ3n) is 4.82. The third-order valence-corrected chi connectivity index (χ3v) is 5.09. The molecule has 0 saturated carbocycles. The smallest absolute Gasteiger partial charge is 0.255 e. The van der Waals surface area contributed by atoms with Gasteiger partial charge < -0.3 is 14.4 Å². The van der Waals surface area contributed by atoms with Crippen LogP contribution in [0.2, 0.25) is 5.02 Å². The lowest BCUT2D eigenvalue weighted by molar-refractivity contribution is 0.0355. The minimum Gasteiger partial charge on any atom is -0.474 e. The number of pyridine rings is 2. The lowest BCUT2D eigenvalue weighted by atomic mass is 10.2. The number of nitrogens with zero attached hydrogens (tertiary/aromatic N) is 4. The summed E-state index contributed by atoms with van der Waals surface area (Å²) in [6, 6.07) is 5.48. The highest BCUT2D eigenvalue weighted by Crippen LogP contribution is 2.24. The Morgan fingerprint density at radius 3 is 2.70 bits per heavy atom. The molecule has 3 rings (SSSR count). The second kappa shape index (κ2) is 11.2. The third kappa shape index (κ3) is 6.65. The minimum atomic E-state index is -0.0979. The summed E-state index contributed by atoms with van der Waals surface area (Å²) in [4.78, 5) is 25.8. The monoisotopic (exact) mass is 432 g/mol. The normalized spacial score (nSPS) is 14.7. The molecule has 0 atom stereocenters. The zero-order chi connectivity index (χ0) is 21.3. The van der Waals surface area contributed by atoms with Crippen LogP contribution in [0.1, 0.15) is 36.2 Å². The molecule has 162 valence electrons. The molecule has 30 heavy (non-hydrogen) atoms. The van der Waals surface area contributed by atoms with Crippen LogP contribution in [0.3, 0.4) is 0 Å². The molecule has 1 saturated heterocycles. The van der Waals surface area contributed by atoms with Crippen molar-refractivity contribution >= 4 is 17.5 Å². The van der Waals surface area contributed by atoms with Gasteiger partial charge in [0.2, 0.25) is 5.88 Å². The topological polar surface area (TPSA) is 67.8 Å². The highest BCUT2D eigenvalue weighted by Gasteiger charge is 2.19. The van der Waals surface area contributed by atoms with E-state index in [2.05, 4.69) is 14.9 Å². The van der Waals surface area contributed by atoms with Crippen LogP contribution in [0.5, 0.6) is 5.88 Å². The number of halogens is 1. The number of ether oxygens (including phenoxy) is 2. The van der Waals surface area contributed by atoms with E-state index in [-0.39, 0.29) is 12.0 Å². The van der Waals surface area contributed by atoms with E-state index in [0.717, 1.165) is 44.8 Å². The fourth-order valence-electron chi connectivity index (χ4n) is 3.31. The molecule has 0 aromatic carbocycles. The van der Waals surface area contributed by atoms with Crippen molar-refractivity contribution < 1.29 is 14.3 Å². The van der Waals surface area contributed by atoms with Crippen molar-refractivity contribution in [2.24, 2.45) is 0 Å². The number of morpholine rings is 1. The van der Waals surface area contributed by atoms with E-state index >= 15 is 0 Å². The predicted octanol–water partition coefficient (Wildman–Crippen LogP) is 3.28. The Kier molecular flexibility index (Phi) is 8.42. The van der Waals surface area contributed by atoms with E-state index in [4.69, 9.17) is 21.1 Å². The largest absolute Gasteiger partial charge is 0.474 e. The Morgan fingerprint density at radius 1 is 1.30 bits per heavy atom. The molecule has 2 aromatic heterocycles. The van der Waals surface area contributed by atoms with Crippen molar-refractivity contribution in [2.75, 3.05) is 39.4 Å². The fourth-order valence-corrected chi connectivity index (χ4v) is 3.52. The van der Waals surface area contributed by atoms with Gasteiger partial charge in [-0.3, -0.25) is 14.7 Å². The maximum atomic E-state index is 13.3. The van der Waals surface area contributed by atoms with Gasteiger partial charge in [0.05, 0.1) is 24.9 Å². The van der Waals surface area contributed by atoms with E-state index < -0.39 is 0 Å². The first-order chi connectivity index (χ1) is 14.5. The van der Waals surface area contributed by atoms with Crippen molar-refractivity contribution in [1.29, 1.82) is 0 Å². The van der Waals surface area contributed by atoms with Crippen LogP contribution >= 0.6 is 11.6 Å².